The molecule has 0 aliphatic heterocycles. The molecular weight excluding hydrogens is 470 g/mol. The zero-order chi connectivity index (χ0) is 25.4. The number of benzene rings is 1. The van der Waals surface area contributed by atoms with Gasteiger partial charge < -0.3 is 10.2 Å². The smallest absolute Gasteiger partial charge is 0.389 e. The second-order valence-corrected chi connectivity index (χ2v) is 7.52. The Morgan fingerprint density at radius 1 is 1.17 bits per heavy atom. The number of oxime groups is 1. The molecule has 0 unspecified atom stereocenters. The number of unbranched alkanes of at least 4 members (excludes halogenated alkanes) is 2. The quantitative estimate of drug-likeness (QED) is 0.196. The lowest BCUT2D eigenvalue weighted by Crippen LogP contribution is -2.17. The number of aromatic nitrogens is 5. The molecule has 9 nitrogen and oxygen atoms in total. The number of carbonyl (C=O) groups excluding carboxylic acids is 1. The van der Waals surface area contributed by atoms with Gasteiger partial charge in [0.15, 0.2) is 12.3 Å². The highest BCUT2D eigenvalue weighted by molar-refractivity contribution is 6.10. The predicted molar refractivity (Wildman–Crippen MR) is 118 cm³/mol. The molecule has 1 aromatic carbocycles. The van der Waals surface area contributed by atoms with Crippen molar-refractivity contribution in [3.8, 4) is 0 Å². The second kappa shape index (κ2) is 11.5. The number of pyridine rings is 1. The average molecular weight is 493 g/mol. The minimum absolute atomic E-state index is 0.107. The molecule has 1 N–H and O–H groups in total. The lowest BCUT2D eigenvalue weighted by molar-refractivity contribution is -0.140. The van der Waals surface area contributed by atoms with E-state index >= 15 is 0 Å². The van der Waals surface area contributed by atoms with Crippen LogP contribution >= 0.6 is 0 Å². The summed E-state index contributed by atoms with van der Waals surface area (Å²) in [5.41, 5.74) is -1.90. The fourth-order valence-corrected chi connectivity index (χ4v) is 3.11. The molecule has 186 valence electrons. The minimum Gasteiger partial charge on any atom is -0.389 e. The number of halogens is 4. The van der Waals surface area contributed by atoms with Gasteiger partial charge in [0.05, 0.1) is 11.3 Å². The molecule has 35 heavy (non-hydrogen) atoms. The van der Waals surface area contributed by atoms with Gasteiger partial charge in [-0.05, 0) is 41.1 Å². The molecule has 0 fully saturated rings. The Morgan fingerprint density at radius 2 is 1.94 bits per heavy atom. The minimum atomic E-state index is -4.91. The maximum atomic E-state index is 14.8. The Kier molecular flexibility index (Phi) is 8.44. The third-order valence-electron chi connectivity index (χ3n) is 4.84. The SMILES string of the molecule is CCCCCC(=O)Nc1cccc(CO/N=C(\c2cccc(C(F)(F)F)c2F)c2nnnn2C)n1. The molecule has 0 aliphatic carbocycles. The van der Waals surface area contributed by atoms with E-state index in [1.54, 1.807) is 18.2 Å². The molecule has 3 aromatic rings. The van der Waals surface area contributed by atoms with Crippen LogP contribution in [0.1, 0.15) is 55.3 Å². The van der Waals surface area contributed by atoms with Crippen LogP contribution < -0.4 is 5.32 Å². The van der Waals surface area contributed by atoms with Crippen LogP contribution in [-0.4, -0.2) is 36.8 Å². The summed E-state index contributed by atoms with van der Waals surface area (Å²) in [6.45, 7) is 1.83. The van der Waals surface area contributed by atoms with E-state index in [1.807, 2.05) is 6.92 Å². The van der Waals surface area contributed by atoms with E-state index in [1.165, 1.54) is 7.05 Å². The van der Waals surface area contributed by atoms with Gasteiger partial charge in [-0.2, -0.15) is 13.2 Å². The van der Waals surface area contributed by atoms with E-state index in [0.29, 0.717) is 24.0 Å². The highest BCUT2D eigenvalue weighted by Gasteiger charge is 2.36. The van der Waals surface area contributed by atoms with Crippen molar-refractivity contribution >= 4 is 17.4 Å². The first kappa shape index (κ1) is 25.7. The van der Waals surface area contributed by atoms with E-state index < -0.39 is 23.1 Å². The third kappa shape index (κ3) is 6.80. The first-order chi connectivity index (χ1) is 16.7. The maximum absolute atomic E-state index is 14.8. The van der Waals surface area contributed by atoms with Crippen molar-refractivity contribution in [1.82, 2.24) is 25.2 Å². The molecule has 0 atom stereocenters. The second-order valence-electron chi connectivity index (χ2n) is 7.52. The fourth-order valence-electron chi connectivity index (χ4n) is 3.11. The zero-order valence-corrected chi connectivity index (χ0v) is 19.0. The Labute approximate surface area is 198 Å². The fraction of sp³-hybridized carbons (Fsp3) is 0.364. The van der Waals surface area contributed by atoms with Gasteiger partial charge in [0.2, 0.25) is 11.7 Å². The third-order valence-corrected chi connectivity index (χ3v) is 4.84. The van der Waals surface area contributed by atoms with Crippen molar-refractivity contribution in [2.45, 2.75) is 45.4 Å². The number of aryl methyl sites for hydroxylation is 1. The summed E-state index contributed by atoms with van der Waals surface area (Å²) in [5, 5.41) is 17.3. The van der Waals surface area contributed by atoms with Gasteiger partial charge in [0.25, 0.3) is 0 Å². The van der Waals surface area contributed by atoms with Gasteiger partial charge in [-0.15, -0.1) is 5.10 Å². The number of hydrogen-bond acceptors (Lipinski definition) is 7. The highest BCUT2D eigenvalue weighted by atomic mass is 19.4. The Hall–Kier alpha value is -3.90. The molecule has 13 heteroatoms. The van der Waals surface area contributed by atoms with Gasteiger partial charge in [-0.1, -0.05) is 37.1 Å². The van der Waals surface area contributed by atoms with E-state index in [2.05, 4.69) is 31.0 Å². The van der Waals surface area contributed by atoms with Gasteiger partial charge >= 0.3 is 6.18 Å². The zero-order valence-electron chi connectivity index (χ0n) is 19.0. The molecule has 0 spiro atoms. The molecule has 0 saturated heterocycles. The number of nitrogens with one attached hydrogen (secondary N) is 1. The van der Waals surface area contributed by atoms with Crippen molar-refractivity contribution in [2.24, 2.45) is 12.2 Å². The van der Waals surface area contributed by atoms with Crippen molar-refractivity contribution in [3.05, 3.63) is 64.9 Å². The normalized spacial score (nSPS) is 12.0. The van der Waals surface area contributed by atoms with E-state index in [0.717, 1.165) is 36.1 Å². The van der Waals surface area contributed by atoms with Crippen molar-refractivity contribution in [3.63, 3.8) is 0 Å². The van der Waals surface area contributed by atoms with Crippen LogP contribution in [0, 0.1) is 5.82 Å². The number of nitrogens with zero attached hydrogens (tertiary/aromatic N) is 6. The monoisotopic (exact) mass is 493 g/mol. The largest absolute Gasteiger partial charge is 0.419 e. The van der Waals surface area contributed by atoms with Crippen LogP contribution in [0.5, 0.6) is 0 Å². The first-order valence-corrected chi connectivity index (χ1v) is 10.7. The van der Waals surface area contributed by atoms with E-state index in [-0.39, 0.29) is 24.1 Å². The predicted octanol–water partition coefficient (Wildman–Crippen LogP) is 4.25. The van der Waals surface area contributed by atoms with Crippen LogP contribution in [0.15, 0.2) is 41.6 Å². The molecule has 1 amide bonds. The molecule has 0 aliphatic rings. The number of carbonyl (C=O) groups is 1. The van der Waals surface area contributed by atoms with Crippen molar-refractivity contribution in [2.75, 3.05) is 5.32 Å². The van der Waals surface area contributed by atoms with E-state index in [9.17, 15) is 22.4 Å². The summed E-state index contributed by atoms with van der Waals surface area (Å²) in [6, 6.07) is 7.66. The number of rotatable bonds is 10. The average Bonchev–Trinajstić information content (AvgIpc) is 3.22. The maximum Gasteiger partial charge on any atom is 0.419 e. The lowest BCUT2D eigenvalue weighted by atomic mass is 10.0. The Bertz CT molecular complexity index is 1190. The number of amides is 1. The summed E-state index contributed by atoms with van der Waals surface area (Å²) >= 11 is 0. The Morgan fingerprint density at radius 3 is 2.63 bits per heavy atom. The summed E-state index contributed by atoms with van der Waals surface area (Å²) in [5.74, 6) is -1.49. The van der Waals surface area contributed by atoms with Gasteiger partial charge in [-0.3, -0.25) is 4.79 Å². The summed E-state index contributed by atoms with van der Waals surface area (Å²) < 4.78 is 55.5. The number of tetrazole rings is 1. The molecular formula is C22H23F4N7O2. The molecule has 0 saturated carbocycles. The van der Waals surface area contributed by atoms with Crippen LogP contribution in [0.4, 0.5) is 23.4 Å². The number of anilines is 1. The van der Waals surface area contributed by atoms with Crippen LogP contribution in [0.25, 0.3) is 0 Å². The van der Waals surface area contributed by atoms with Crippen LogP contribution in [0.2, 0.25) is 0 Å². The molecule has 0 radical (unpaired) electrons. The van der Waals surface area contributed by atoms with Crippen LogP contribution in [0.3, 0.4) is 0 Å². The lowest BCUT2D eigenvalue weighted by Gasteiger charge is -2.12. The summed E-state index contributed by atoms with van der Waals surface area (Å²) in [7, 11) is 1.42. The van der Waals surface area contributed by atoms with E-state index in [4.69, 9.17) is 4.84 Å². The van der Waals surface area contributed by atoms with Gasteiger partial charge in [0, 0.05) is 19.0 Å². The summed E-state index contributed by atoms with van der Waals surface area (Å²) in [6.07, 6.45) is -1.82. The molecule has 0 bridgehead atoms. The van der Waals surface area contributed by atoms with Crippen LogP contribution in [-0.2, 0) is 29.5 Å². The summed E-state index contributed by atoms with van der Waals surface area (Å²) in [4.78, 5) is 21.6. The molecule has 2 aromatic heterocycles. The van der Waals surface area contributed by atoms with Crippen molar-refractivity contribution in [1.29, 1.82) is 0 Å². The molecule has 3 rings (SSSR count). The van der Waals surface area contributed by atoms with Crippen molar-refractivity contribution < 1.29 is 27.2 Å². The topological polar surface area (TPSA) is 107 Å². The Balaban J connectivity index is 1.81. The van der Waals surface area contributed by atoms with Gasteiger partial charge in [-0.25, -0.2) is 14.1 Å². The number of hydrogen-bond donors (Lipinski definition) is 1. The first-order valence-electron chi connectivity index (χ1n) is 10.7. The highest BCUT2D eigenvalue weighted by Crippen LogP contribution is 2.33. The standard InChI is InChI=1S/C22H23F4N7O2/c1-3-4-5-12-18(34)28-17-11-6-8-14(27-17)13-35-30-20(21-29-31-32-33(21)2)15-9-7-10-16(19(15)23)22(24,25)26/h6-11H,3-5,12-13H2,1-2H3,(H,27,28,34)/b30-20+. The van der Waals surface area contributed by atoms with Gasteiger partial charge in [0.1, 0.15) is 11.6 Å². The molecule has 2 heterocycles. The number of alkyl halides is 3.